The Bertz CT molecular complexity index is 593. The van der Waals surface area contributed by atoms with Crippen LogP contribution >= 0.6 is 0 Å². The molecule has 2 rings (SSSR count). The van der Waals surface area contributed by atoms with Crippen molar-refractivity contribution in [3.8, 4) is 0 Å². The Morgan fingerprint density at radius 3 is 2.32 bits per heavy atom. The molecule has 8 nitrogen and oxygen atoms in total. The summed E-state index contributed by atoms with van der Waals surface area (Å²) in [6.07, 6.45) is 4.98. The topological polar surface area (TPSA) is 127 Å². The lowest BCUT2D eigenvalue weighted by molar-refractivity contribution is -0.106. The molecule has 0 bridgehead atoms. The number of aromatic nitrogens is 2. The molecule has 0 spiro atoms. The Labute approximate surface area is 169 Å². The molecule has 0 unspecified atom stereocenters. The summed E-state index contributed by atoms with van der Waals surface area (Å²) in [4.78, 5) is 26.7. The lowest BCUT2D eigenvalue weighted by Crippen LogP contribution is -2.21. The number of amides is 2. The second-order valence-corrected chi connectivity index (χ2v) is 8.16. The van der Waals surface area contributed by atoms with Gasteiger partial charge in [0.05, 0.1) is 5.69 Å². The first kappa shape index (κ1) is 26.1. The molecule has 0 fully saturated rings. The second kappa shape index (κ2) is 13.3. The quantitative estimate of drug-likeness (QED) is 0.514. The van der Waals surface area contributed by atoms with Crippen molar-refractivity contribution in [2.75, 3.05) is 20.2 Å². The van der Waals surface area contributed by atoms with Crippen LogP contribution in [-0.4, -0.2) is 52.1 Å². The molecule has 1 aliphatic heterocycles. The van der Waals surface area contributed by atoms with Crippen molar-refractivity contribution < 1.29 is 14.7 Å². The molecule has 28 heavy (non-hydrogen) atoms. The first-order valence-corrected chi connectivity index (χ1v) is 9.94. The van der Waals surface area contributed by atoms with E-state index in [0.717, 1.165) is 50.3 Å². The molecule has 0 radical (unpaired) electrons. The largest absolute Gasteiger partial charge is 0.396 e. The Hall–Kier alpha value is -1.93. The number of aryl methyl sites for hydroxylation is 1. The van der Waals surface area contributed by atoms with Crippen LogP contribution in [0.25, 0.3) is 0 Å². The van der Waals surface area contributed by atoms with Crippen LogP contribution in [0.4, 0.5) is 0 Å². The summed E-state index contributed by atoms with van der Waals surface area (Å²) in [5.74, 6) is 0.472. The molecule has 2 heterocycles. The fourth-order valence-corrected chi connectivity index (χ4v) is 2.58. The molecular weight excluding hydrogens is 358 g/mol. The SMILES string of the molecule is CCC(C)(C)C.CN1CCCn2c(CCCCO)nc(C(N)=O)c2C1.NC=O. The molecule has 1 aromatic rings. The van der Waals surface area contributed by atoms with E-state index in [-0.39, 0.29) is 13.0 Å². The third kappa shape index (κ3) is 9.85. The van der Waals surface area contributed by atoms with E-state index in [2.05, 4.69) is 47.9 Å². The van der Waals surface area contributed by atoms with Crippen LogP contribution in [0.15, 0.2) is 0 Å². The van der Waals surface area contributed by atoms with Crippen LogP contribution < -0.4 is 11.5 Å². The summed E-state index contributed by atoms with van der Waals surface area (Å²) >= 11 is 0. The molecule has 0 atom stereocenters. The van der Waals surface area contributed by atoms with E-state index in [9.17, 15) is 4.79 Å². The first-order valence-electron chi connectivity index (χ1n) is 9.94. The zero-order chi connectivity index (χ0) is 21.7. The lowest BCUT2D eigenvalue weighted by Gasteiger charge is -2.12. The van der Waals surface area contributed by atoms with E-state index in [4.69, 9.17) is 15.6 Å². The molecule has 8 heteroatoms. The highest BCUT2D eigenvalue weighted by molar-refractivity contribution is 5.92. The van der Waals surface area contributed by atoms with Gasteiger partial charge < -0.3 is 26.0 Å². The molecule has 0 aromatic carbocycles. The minimum atomic E-state index is -0.451. The van der Waals surface area contributed by atoms with E-state index in [1.165, 1.54) is 6.42 Å². The predicted molar refractivity (Wildman–Crippen MR) is 112 cm³/mol. The van der Waals surface area contributed by atoms with Crippen LogP contribution in [0.1, 0.15) is 75.4 Å². The van der Waals surface area contributed by atoms with E-state index < -0.39 is 5.91 Å². The maximum absolute atomic E-state index is 11.5. The average molecular weight is 398 g/mol. The van der Waals surface area contributed by atoms with Gasteiger partial charge in [0, 0.05) is 26.1 Å². The van der Waals surface area contributed by atoms with E-state index in [1.807, 2.05) is 7.05 Å². The Morgan fingerprint density at radius 2 is 1.86 bits per heavy atom. The van der Waals surface area contributed by atoms with Crippen LogP contribution in [0, 0.1) is 5.41 Å². The molecule has 162 valence electrons. The minimum Gasteiger partial charge on any atom is -0.396 e. The van der Waals surface area contributed by atoms with E-state index in [1.54, 1.807) is 0 Å². The minimum absolute atomic E-state index is 0.193. The Balaban J connectivity index is 0.000000683. The van der Waals surface area contributed by atoms with Gasteiger partial charge in [-0.3, -0.25) is 9.59 Å². The highest BCUT2D eigenvalue weighted by Gasteiger charge is 2.23. The number of rotatable bonds is 5. The van der Waals surface area contributed by atoms with Crippen LogP contribution in [0.5, 0.6) is 0 Å². The lowest BCUT2D eigenvalue weighted by atomic mass is 9.94. The monoisotopic (exact) mass is 397 g/mol. The van der Waals surface area contributed by atoms with Crippen molar-refractivity contribution in [1.29, 1.82) is 0 Å². The molecule has 2 amide bonds. The maximum atomic E-state index is 11.5. The normalized spacial score (nSPS) is 13.9. The summed E-state index contributed by atoms with van der Waals surface area (Å²) in [7, 11) is 2.04. The molecule has 0 saturated carbocycles. The standard InChI is InChI=1S/C13H22N4O2.C6H14.CH3NO/c1-16-6-4-7-17-10(9-16)12(13(14)19)15-11(17)5-2-3-8-18;1-5-6(2,3)4;2-1-3/h18H,2-9H2,1H3,(H2,14,19);5H2,1-4H3;1H,(H2,2,3). The van der Waals surface area contributed by atoms with Gasteiger partial charge in [-0.2, -0.15) is 0 Å². The van der Waals surface area contributed by atoms with E-state index in [0.29, 0.717) is 17.7 Å². The van der Waals surface area contributed by atoms with Gasteiger partial charge in [0.2, 0.25) is 6.41 Å². The van der Waals surface area contributed by atoms with Gasteiger partial charge in [-0.25, -0.2) is 4.98 Å². The summed E-state index contributed by atoms with van der Waals surface area (Å²) in [5, 5.41) is 8.85. The number of aliphatic hydroxyl groups is 1. The number of nitrogens with zero attached hydrogens (tertiary/aromatic N) is 3. The first-order chi connectivity index (χ1) is 13.1. The molecule has 1 aliphatic rings. The number of primary amides is 2. The summed E-state index contributed by atoms with van der Waals surface area (Å²) in [6, 6.07) is 0. The van der Waals surface area contributed by atoms with Crippen molar-refractivity contribution in [2.24, 2.45) is 16.9 Å². The van der Waals surface area contributed by atoms with Crippen molar-refractivity contribution in [1.82, 2.24) is 14.5 Å². The fourth-order valence-electron chi connectivity index (χ4n) is 2.58. The Kier molecular flexibility index (Phi) is 12.4. The summed E-state index contributed by atoms with van der Waals surface area (Å²) < 4.78 is 2.14. The van der Waals surface area contributed by atoms with E-state index >= 15 is 0 Å². The van der Waals surface area contributed by atoms with Gasteiger partial charge in [-0.05, 0) is 38.3 Å². The number of nitrogens with two attached hydrogens (primary N) is 2. The van der Waals surface area contributed by atoms with Crippen molar-refractivity contribution >= 4 is 12.3 Å². The highest BCUT2D eigenvalue weighted by atomic mass is 16.3. The second-order valence-electron chi connectivity index (χ2n) is 8.16. The average Bonchev–Trinajstić information content (AvgIpc) is 2.82. The number of carbonyl (C=O) groups is 2. The Morgan fingerprint density at radius 1 is 1.29 bits per heavy atom. The third-order valence-electron chi connectivity index (χ3n) is 4.60. The van der Waals surface area contributed by atoms with Crippen LogP contribution in [-0.2, 0) is 24.3 Å². The maximum Gasteiger partial charge on any atom is 0.269 e. The van der Waals surface area contributed by atoms with Gasteiger partial charge in [-0.15, -0.1) is 0 Å². The van der Waals surface area contributed by atoms with Crippen LogP contribution in [0.2, 0.25) is 0 Å². The zero-order valence-electron chi connectivity index (χ0n) is 18.2. The number of carbonyl (C=O) groups excluding carboxylic acids is 2. The zero-order valence-corrected chi connectivity index (χ0v) is 18.2. The fraction of sp³-hybridized carbons (Fsp3) is 0.750. The number of hydrogen-bond acceptors (Lipinski definition) is 5. The third-order valence-corrected chi connectivity index (χ3v) is 4.60. The number of hydrogen-bond donors (Lipinski definition) is 3. The number of aliphatic hydroxyl groups excluding tert-OH is 1. The molecule has 0 saturated heterocycles. The number of unbranched alkanes of at least 4 members (excludes halogenated alkanes) is 1. The van der Waals surface area contributed by atoms with Gasteiger partial charge in [0.25, 0.3) is 5.91 Å². The van der Waals surface area contributed by atoms with Gasteiger partial charge in [0.1, 0.15) is 5.82 Å². The van der Waals surface area contributed by atoms with Gasteiger partial charge in [0.15, 0.2) is 5.69 Å². The number of imidazole rings is 1. The molecule has 0 aliphatic carbocycles. The van der Waals surface area contributed by atoms with Crippen LogP contribution in [0.3, 0.4) is 0 Å². The predicted octanol–water partition coefficient (Wildman–Crippen LogP) is 1.68. The number of fused-ring (bicyclic) bond motifs is 1. The summed E-state index contributed by atoms with van der Waals surface area (Å²) in [6.45, 7) is 11.7. The highest BCUT2D eigenvalue weighted by Crippen LogP contribution is 2.19. The molecule has 1 aromatic heterocycles. The summed E-state index contributed by atoms with van der Waals surface area (Å²) in [5.41, 5.74) is 11.5. The van der Waals surface area contributed by atoms with Gasteiger partial charge in [-0.1, -0.05) is 34.1 Å². The smallest absolute Gasteiger partial charge is 0.269 e. The van der Waals surface area contributed by atoms with Crippen molar-refractivity contribution in [2.45, 2.75) is 72.9 Å². The van der Waals surface area contributed by atoms with Gasteiger partial charge >= 0.3 is 0 Å². The molecular formula is C20H39N5O3. The molecule has 5 N–H and O–H groups in total. The van der Waals surface area contributed by atoms with Crippen molar-refractivity contribution in [3.63, 3.8) is 0 Å². The van der Waals surface area contributed by atoms with Crippen molar-refractivity contribution in [3.05, 3.63) is 17.2 Å².